The van der Waals surface area contributed by atoms with Gasteiger partial charge in [-0.15, -0.1) is 0 Å². The molecule has 0 spiro atoms. The maximum absolute atomic E-state index is 10.2. The van der Waals surface area contributed by atoms with Gasteiger partial charge in [0.15, 0.2) is 0 Å². The Morgan fingerprint density at radius 1 is 1.24 bits per heavy atom. The molecule has 2 aliphatic rings. The maximum atomic E-state index is 10.2. The normalized spacial score (nSPS) is 24.5. The molecule has 0 aromatic heterocycles. The second-order valence-electron chi connectivity index (χ2n) is 6.20. The van der Waals surface area contributed by atoms with Crippen molar-refractivity contribution in [3.63, 3.8) is 0 Å². The van der Waals surface area contributed by atoms with E-state index in [0.29, 0.717) is 6.04 Å². The van der Waals surface area contributed by atoms with Crippen LogP contribution < -0.4 is 9.64 Å². The number of anilines is 1. The summed E-state index contributed by atoms with van der Waals surface area (Å²) in [5.41, 5.74) is 2.05. The molecule has 2 unspecified atom stereocenters. The minimum absolute atomic E-state index is 0.513. The monoisotopic (exact) mass is 290 g/mol. The fraction of sp³-hybridized carbons (Fsp3) is 0.647. The van der Waals surface area contributed by atoms with Crippen LogP contribution in [0.25, 0.3) is 0 Å². The van der Waals surface area contributed by atoms with Gasteiger partial charge in [0, 0.05) is 36.9 Å². The lowest BCUT2D eigenvalue weighted by atomic mass is 9.98. The quantitative estimate of drug-likeness (QED) is 0.927. The smallest absolute Gasteiger partial charge is 0.126 e. The van der Waals surface area contributed by atoms with Crippen molar-refractivity contribution in [1.29, 1.82) is 0 Å². The molecule has 2 aliphatic heterocycles. The number of hydrogen-bond donors (Lipinski definition) is 1. The Morgan fingerprint density at radius 2 is 2.10 bits per heavy atom. The summed E-state index contributed by atoms with van der Waals surface area (Å²) in [4.78, 5) is 5.05. The van der Waals surface area contributed by atoms with Crippen LogP contribution in [0.15, 0.2) is 18.2 Å². The van der Waals surface area contributed by atoms with E-state index in [0.717, 1.165) is 36.6 Å². The highest BCUT2D eigenvalue weighted by atomic mass is 16.5. The number of piperazine rings is 1. The number of piperidine rings is 1. The van der Waals surface area contributed by atoms with E-state index in [9.17, 15) is 5.11 Å². The molecule has 0 saturated carbocycles. The highest BCUT2D eigenvalue weighted by Crippen LogP contribution is 2.36. The second kappa shape index (κ2) is 6.24. The van der Waals surface area contributed by atoms with Gasteiger partial charge in [-0.25, -0.2) is 0 Å². The zero-order valence-electron chi connectivity index (χ0n) is 13.1. The van der Waals surface area contributed by atoms with Crippen LogP contribution in [0, 0.1) is 0 Å². The standard InChI is InChI=1S/C17H26N2O2/c1-13(20)17-15(7-5-8-16(17)21-2)19-11-10-18-9-4-3-6-14(18)12-19/h5,7-8,13-14,20H,3-4,6,9-12H2,1-2H3. The van der Waals surface area contributed by atoms with Gasteiger partial charge in [-0.2, -0.15) is 0 Å². The lowest BCUT2D eigenvalue weighted by molar-refractivity contribution is 0.133. The summed E-state index contributed by atoms with van der Waals surface area (Å²) >= 11 is 0. The van der Waals surface area contributed by atoms with Crippen molar-refractivity contribution in [3.8, 4) is 5.75 Å². The predicted molar refractivity (Wildman–Crippen MR) is 85.1 cm³/mol. The van der Waals surface area contributed by atoms with Crippen molar-refractivity contribution >= 4 is 5.69 Å². The lowest BCUT2D eigenvalue weighted by Crippen LogP contribution is -2.55. The summed E-state index contributed by atoms with van der Waals surface area (Å²) in [6.07, 6.45) is 3.47. The first kappa shape index (κ1) is 14.7. The SMILES string of the molecule is COc1cccc(N2CCN3CCCCC3C2)c1C(C)O. The van der Waals surface area contributed by atoms with Crippen molar-refractivity contribution in [2.45, 2.75) is 38.3 Å². The molecule has 116 valence electrons. The van der Waals surface area contributed by atoms with Crippen LogP contribution in [0.5, 0.6) is 5.75 Å². The fourth-order valence-electron chi connectivity index (χ4n) is 3.78. The van der Waals surface area contributed by atoms with Crippen LogP contribution in [-0.2, 0) is 0 Å². The minimum Gasteiger partial charge on any atom is -0.496 e. The molecule has 0 radical (unpaired) electrons. The lowest BCUT2D eigenvalue weighted by Gasteiger charge is -2.45. The molecule has 1 aromatic carbocycles. The van der Waals surface area contributed by atoms with Crippen molar-refractivity contribution < 1.29 is 9.84 Å². The summed E-state index contributed by atoms with van der Waals surface area (Å²) in [6, 6.07) is 6.74. The highest BCUT2D eigenvalue weighted by Gasteiger charge is 2.30. The Labute approximate surface area is 127 Å². The number of benzene rings is 1. The van der Waals surface area contributed by atoms with Crippen molar-refractivity contribution in [2.24, 2.45) is 0 Å². The second-order valence-corrected chi connectivity index (χ2v) is 6.20. The summed E-state index contributed by atoms with van der Waals surface area (Å²) in [5.74, 6) is 0.786. The zero-order chi connectivity index (χ0) is 14.8. The van der Waals surface area contributed by atoms with E-state index in [-0.39, 0.29) is 0 Å². The van der Waals surface area contributed by atoms with Crippen LogP contribution >= 0.6 is 0 Å². The molecule has 0 bridgehead atoms. The van der Waals surface area contributed by atoms with Crippen LogP contribution in [-0.4, -0.2) is 49.3 Å². The van der Waals surface area contributed by atoms with Gasteiger partial charge >= 0.3 is 0 Å². The van der Waals surface area contributed by atoms with E-state index in [1.807, 2.05) is 19.1 Å². The molecule has 0 amide bonds. The van der Waals surface area contributed by atoms with E-state index in [1.54, 1.807) is 7.11 Å². The first-order valence-corrected chi connectivity index (χ1v) is 8.04. The molecule has 3 rings (SSSR count). The van der Waals surface area contributed by atoms with Crippen molar-refractivity contribution in [1.82, 2.24) is 4.90 Å². The minimum atomic E-state index is -0.513. The average molecular weight is 290 g/mol. The topological polar surface area (TPSA) is 35.9 Å². The van der Waals surface area contributed by atoms with Gasteiger partial charge in [0.25, 0.3) is 0 Å². The van der Waals surface area contributed by atoms with Crippen LogP contribution in [0.4, 0.5) is 5.69 Å². The third-order valence-electron chi connectivity index (χ3n) is 4.86. The molecular weight excluding hydrogens is 264 g/mol. The van der Waals surface area contributed by atoms with E-state index in [1.165, 1.54) is 25.8 Å². The number of fused-ring (bicyclic) bond motifs is 1. The molecular formula is C17H26N2O2. The first-order chi connectivity index (χ1) is 10.2. The van der Waals surface area contributed by atoms with Crippen molar-refractivity contribution in [2.75, 3.05) is 38.2 Å². The highest BCUT2D eigenvalue weighted by molar-refractivity contribution is 5.60. The molecule has 4 heteroatoms. The molecule has 21 heavy (non-hydrogen) atoms. The maximum Gasteiger partial charge on any atom is 0.126 e. The Bertz CT molecular complexity index is 490. The van der Waals surface area contributed by atoms with Gasteiger partial charge in [0.2, 0.25) is 0 Å². The van der Waals surface area contributed by atoms with Crippen LogP contribution in [0.1, 0.15) is 37.9 Å². The van der Waals surface area contributed by atoms with Gasteiger partial charge in [0.05, 0.1) is 13.2 Å². The average Bonchev–Trinajstić information content (AvgIpc) is 2.53. The number of rotatable bonds is 3. The van der Waals surface area contributed by atoms with Crippen molar-refractivity contribution in [3.05, 3.63) is 23.8 Å². The summed E-state index contributed by atoms with van der Waals surface area (Å²) < 4.78 is 5.45. The summed E-state index contributed by atoms with van der Waals surface area (Å²) in [5, 5.41) is 10.2. The van der Waals surface area contributed by atoms with Gasteiger partial charge < -0.3 is 14.7 Å². The third-order valence-corrected chi connectivity index (χ3v) is 4.86. The van der Waals surface area contributed by atoms with E-state index >= 15 is 0 Å². The summed E-state index contributed by atoms with van der Waals surface area (Å²) in [7, 11) is 1.67. The number of ether oxygens (including phenoxy) is 1. The third kappa shape index (κ3) is 2.87. The first-order valence-electron chi connectivity index (χ1n) is 8.04. The molecule has 0 aliphatic carbocycles. The molecule has 4 nitrogen and oxygen atoms in total. The zero-order valence-corrected chi connectivity index (χ0v) is 13.1. The number of aliphatic hydroxyl groups is 1. The molecule has 1 N–H and O–H groups in total. The van der Waals surface area contributed by atoms with E-state index < -0.39 is 6.10 Å². The van der Waals surface area contributed by atoms with Crippen LogP contribution in [0.2, 0.25) is 0 Å². The Balaban J connectivity index is 1.86. The van der Waals surface area contributed by atoms with Crippen LogP contribution in [0.3, 0.4) is 0 Å². The summed E-state index contributed by atoms with van der Waals surface area (Å²) in [6.45, 7) is 6.29. The van der Waals surface area contributed by atoms with Gasteiger partial charge in [-0.3, -0.25) is 4.90 Å². The predicted octanol–water partition coefficient (Wildman–Crippen LogP) is 2.42. The fourth-order valence-corrected chi connectivity index (χ4v) is 3.78. The van der Waals surface area contributed by atoms with E-state index in [2.05, 4.69) is 15.9 Å². The molecule has 2 saturated heterocycles. The Hall–Kier alpha value is -1.26. The largest absolute Gasteiger partial charge is 0.496 e. The number of hydrogen-bond acceptors (Lipinski definition) is 4. The van der Waals surface area contributed by atoms with Gasteiger partial charge in [0.1, 0.15) is 5.75 Å². The molecule has 1 aromatic rings. The van der Waals surface area contributed by atoms with E-state index in [4.69, 9.17) is 4.74 Å². The number of methoxy groups -OCH3 is 1. The molecule has 2 fully saturated rings. The molecule has 2 heterocycles. The Morgan fingerprint density at radius 3 is 2.86 bits per heavy atom. The van der Waals surface area contributed by atoms with Gasteiger partial charge in [-0.1, -0.05) is 12.5 Å². The number of nitrogens with zero attached hydrogens (tertiary/aromatic N) is 2. The number of aliphatic hydroxyl groups excluding tert-OH is 1. The van der Waals surface area contributed by atoms with Gasteiger partial charge in [-0.05, 0) is 38.4 Å². The molecule has 2 atom stereocenters. The Kier molecular flexibility index (Phi) is 4.36.